The molecule has 0 saturated carbocycles. The normalized spacial score (nSPS) is 13.1. The molecule has 0 fully saturated rings. The van der Waals surface area contributed by atoms with E-state index in [0.717, 1.165) is 11.3 Å². The summed E-state index contributed by atoms with van der Waals surface area (Å²) in [6.07, 6.45) is 1.62. The van der Waals surface area contributed by atoms with E-state index in [4.69, 9.17) is 18.0 Å². The van der Waals surface area contributed by atoms with Gasteiger partial charge in [0.15, 0.2) is 0 Å². The fraction of sp³-hybridized carbons (Fsp3) is 0.167. The highest BCUT2D eigenvalue weighted by atomic mass is 32.2. The minimum atomic E-state index is -3.61. The van der Waals surface area contributed by atoms with Crippen LogP contribution in [0.3, 0.4) is 0 Å². The molecule has 106 valence electrons. The van der Waals surface area contributed by atoms with Gasteiger partial charge in [-0.05, 0) is 31.2 Å². The Labute approximate surface area is 126 Å². The second-order valence-electron chi connectivity index (χ2n) is 4.08. The van der Waals surface area contributed by atoms with E-state index in [1.165, 1.54) is 6.07 Å². The lowest BCUT2D eigenvalue weighted by Crippen LogP contribution is -2.26. The van der Waals surface area contributed by atoms with Crippen LogP contribution in [0.15, 0.2) is 40.7 Å². The second-order valence-corrected chi connectivity index (χ2v) is 7.54. The highest BCUT2D eigenvalue weighted by Gasteiger charge is 2.21. The van der Waals surface area contributed by atoms with E-state index in [1.807, 2.05) is 6.07 Å². The van der Waals surface area contributed by atoms with Gasteiger partial charge in [-0.25, -0.2) is 13.1 Å². The van der Waals surface area contributed by atoms with Gasteiger partial charge in [0.1, 0.15) is 9.20 Å². The number of sulfonamides is 1. The van der Waals surface area contributed by atoms with Crippen LogP contribution in [0.25, 0.3) is 0 Å². The highest BCUT2D eigenvalue weighted by molar-refractivity contribution is 7.91. The number of nitrogens with two attached hydrogens (primary N) is 1. The van der Waals surface area contributed by atoms with Gasteiger partial charge < -0.3 is 5.73 Å². The van der Waals surface area contributed by atoms with Gasteiger partial charge in [-0.2, -0.15) is 0 Å². The van der Waals surface area contributed by atoms with Crippen LogP contribution < -0.4 is 10.5 Å². The van der Waals surface area contributed by atoms with Gasteiger partial charge in [-0.15, -0.1) is 11.3 Å². The SMILES string of the molecule is CC(NS(=O)(=O)c1ccc(C(N)=S)s1)c1ccccn1. The average molecular weight is 327 g/mol. The van der Waals surface area contributed by atoms with Gasteiger partial charge in [-0.3, -0.25) is 4.98 Å². The Bertz CT molecular complexity index is 711. The van der Waals surface area contributed by atoms with E-state index in [0.29, 0.717) is 10.6 Å². The maximum absolute atomic E-state index is 12.2. The monoisotopic (exact) mass is 327 g/mol. The number of aromatic nitrogens is 1. The third-order valence-electron chi connectivity index (χ3n) is 2.55. The Morgan fingerprint density at radius 1 is 1.40 bits per heavy atom. The van der Waals surface area contributed by atoms with Gasteiger partial charge in [0.05, 0.1) is 16.6 Å². The van der Waals surface area contributed by atoms with Crippen LogP contribution in [0.2, 0.25) is 0 Å². The van der Waals surface area contributed by atoms with Crippen molar-refractivity contribution >= 4 is 38.6 Å². The molecule has 1 atom stereocenters. The van der Waals surface area contributed by atoms with Crippen LogP contribution >= 0.6 is 23.6 Å². The molecule has 5 nitrogen and oxygen atoms in total. The summed E-state index contributed by atoms with van der Waals surface area (Å²) >= 11 is 5.87. The molecule has 0 aliphatic heterocycles. The molecule has 2 heterocycles. The van der Waals surface area contributed by atoms with Crippen molar-refractivity contribution in [3.63, 3.8) is 0 Å². The largest absolute Gasteiger partial charge is 0.389 e. The molecule has 0 aromatic carbocycles. The first-order valence-corrected chi connectivity index (χ1v) is 8.44. The number of pyridine rings is 1. The predicted molar refractivity (Wildman–Crippen MR) is 83.2 cm³/mol. The molecule has 1 unspecified atom stereocenters. The molecule has 0 aliphatic rings. The summed E-state index contributed by atoms with van der Waals surface area (Å²) in [4.78, 5) is 4.89. The molecule has 0 radical (unpaired) electrons. The van der Waals surface area contributed by atoms with Crippen LogP contribution in [0.1, 0.15) is 23.5 Å². The predicted octanol–water partition coefficient (Wildman–Crippen LogP) is 1.82. The molecule has 2 aromatic rings. The van der Waals surface area contributed by atoms with Crippen LogP contribution in [0.5, 0.6) is 0 Å². The van der Waals surface area contributed by atoms with Crippen molar-refractivity contribution in [2.45, 2.75) is 17.2 Å². The van der Waals surface area contributed by atoms with Crippen LogP contribution in [-0.2, 0) is 10.0 Å². The number of nitrogens with zero attached hydrogens (tertiary/aromatic N) is 1. The Kier molecular flexibility index (Phi) is 4.48. The van der Waals surface area contributed by atoms with Crippen LogP contribution in [-0.4, -0.2) is 18.4 Å². The van der Waals surface area contributed by atoms with E-state index in [-0.39, 0.29) is 9.20 Å². The molecule has 20 heavy (non-hydrogen) atoms. The number of hydrogen-bond donors (Lipinski definition) is 2. The fourth-order valence-corrected chi connectivity index (χ4v) is 4.16. The summed E-state index contributed by atoms with van der Waals surface area (Å²) in [6, 6.07) is 8.03. The highest BCUT2D eigenvalue weighted by Crippen LogP contribution is 2.23. The van der Waals surface area contributed by atoms with E-state index in [2.05, 4.69) is 9.71 Å². The summed E-state index contributed by atoms with van der Waals surface area (Å²) in [5, 5.41) is 0. The van der Waals surface area contributed by atoms with Crippen LogP contribution in [0.4, 0.5) is 0 Å². The number of rotatable bonds is 5. The van der Waals surface area contributed by atoms with E-state index in [1.54, 1.807) is 31.3 Å². The standard InChI is InChI=1S/C12H13N3O2S3/c1-8(9-4-2-3-7-14-9)15-20(16,17)11-6-5-10(19-11)12(13)18/h2-8,15H,1H3,(H2,13,18). The van der Waals surface area contributed by atoms with Gasteiger partial charge in [-0.1, -0.05) is 18.3 Å². The minimum Gasteiger partial charge on any atom is -0.389 e. The maximum atomic E-state index is 12.2. The third kappa shape index (κ3) is 3.40. The second kappa shape index (κ2) is 5.96. The topological polar surface area (TPSA) is 85.1 Å². The number of thiocarbonyl (C=S) groups is 1. The van der Waals surface area contributed by atoms with Crippen molar-refractivity contribution in [3.05, 3.63) is 47.1 Å². The lowest BCUT2D eigenvalue weighted by molar-refractivity contribution is 0.566. The molecular weight excluding hydrogens is 314 g/mol. The van der Waals surface area contributed by atoms with Crippen molar-refractivity contribution in [1.29, 1.82) is 0 Å². The smallest absolute Gasteiger partial charge is 0.250 e. The van der Waals surface area contributed by atoms with Crippen molar-refractivity contribution in [3.8, 4) is 0 Å². The molecular formula is C12H13N3O2S3. The average Bonchev–Trinajstić information content (AvgIpc) is 2.90. The van der Waals surface area contributed by atoms with E-state index < -0.39 is 16.1 Å². The van der Waals surface area contributed by atoms with Crippen molar-refractivity contribution in [2.24, 2.45) is 5.73 Å². The summed E-state index contributed by atoms with van der Waals surface area (Å²) in [7, 11) is -3.61. The first-order valence-electron chi connectivity index (χ1n) is 5.73. The van der Waals surface area contributed by atoms with Crippen LogP contribution in [0, 0.1) is 0 Å². The Hall–Kier alpha value is -1.35. The lowest BCUT2D eigenvalue weighted by Gasteiger charge is -2.12. The quantitative estimate of drug-likeness (QED) is 0.818. The molecule has 2 aromatic heterocycles. The Morgan fingerprint density at radius 3 is 2.70 bits per heavy atom. The molecule has 0 saturated heterocycles. The summed E-state index contributed by atoms with van der Waals surface area (Å²) in [6.45, 7) is 1.74. The van der Waals surface area contributed by atoms with Crippen molar-refractivity contribution < 1.29 is 8.42 Å². The maximum Gasteiger partial charge on any atom is 0.250 e. The Balaban J connectivity index is 2.20. The van der Waals surface area contributed by atoms with E-state index >= 15 is 0 Å². The third-order valence-corrected chi connectivity index (χ3v) is 6.05. The van der Waals surface area contributed by atoms with Crippen molar-refractivity contribution in [2.75, 3.05) is 0 Å². The lowest BCUT2D eigenvalue weighted by atomic mass is 10.2. The van der Waals surface area contributed by atoms with E-state index in [9.17, 15) is 8.42 Å². The van der Waals surface area contributed by atoms with Gasteiger partial charge in [0, 0.05) is 6.20 Å². The first-order chi connectivity index (χ1) is 9.40. The number of hydrogen-bond acceptors (Lipinski definition) is 5. The molecule has 0 bridgehead atoms. The van der Waals surface area contributed by atoms with Crippen molar-refractivity contribution in [1.82, 2.24) is 9.71 Å². The zero-order valence-corrected chi connectivity index (χ0v) is 13.1. The number of nitrogens with one attached hydrogen (secondary N) is 1. The summed E-state index contributed by atoms with van der Waals surface area (Å²) < 4.78 is 27.2. The molecule has 0 aliphatic carbocycles. The Morgan fingerprint density at radius 2 is 2.15 bits per heavy atom. The molecule has 2 rings (SSSR count). The first kappa shape index (κ1) is 15.0. The zero-order valence-electron chi connectivity index (χ0n) is 10.6. The number of thiophene rings is 1. The zero-order chi connectivity index (χ0) is 14.8. The van der Waals surface area contributed by atoms with Gasteiger partial charge >= 0.3 is 0 Å². The van der Waals surface area contributed by atoms with Gasteiger partial charge in [0.2, 0.25) is 0 Å². The van der Waals surface area contributed by atoms with Gasteiger partial charge in [0.25, 0.3) is 10.0 Å². The molecule has 8 heteroatoms. The fourth-order valence-electron chi connectivity index (χ4n) is 1.58. The molecule has 3 N–H and O–H groups in total. The molecule has 0 amide bonds. The summed E-state index contributed by atoms with van der Waals surface area (Å²) in [5.74, 6) is 0. The summed E-state index contributed by atoms with van der Waals surface area (Å²) in [5.41, 5.74) is 6.13. The molecule has 0 spiro atoms. The minimum absolute atomic E-state index is 0.183.